The Kier molecular flexibility index (Phi) is 3.09. The number of anilines is 1. The van der Waals surface area contributed by atoms with Gasteiger partial charge in [-0.3, -0.25) is 4.79 Å². The molecule has 2 unspecified atom stereocenters. The summed E-state index contributed by atoms with van der Waals surface area (Å²) in [4.78, 5) is 17.3. The Morgan fingerprint density at radius 3 is 2.75 bits per heavy atom. The van der Waals surface area contributed by atoms with Gasteiger partial charge < -0.3 is 5.32 Å². The van der Waals surface area contributed by atoms with Gasteiger partial charge in [0.05, 0.1) is 15.6 Å². The van der Waals surface area contributed by atoms with Crippen molar-refractivity contribution in [2.45, 2.75) is 43.4 Å². The molecule has 1 aromatic heterocycles. The van der Waals surface area contributed by atoms with Gasteiger partial charge in [0.15, 0.2) is 5.13 Å². The summed E-state index contributed by atoms with van der Waals surface area (Å²) in [5, 5.41) is 3.57. The third kappa shape index (κ3) is 2.28. The Labute approximate surface area is 148 Å². The van der Waals surface area contributed by atoms with E-state index in [0.717, 1.165) is 42.3 Å². The molecule has 126 valence electrons. The monoisotopic (exact) mass is 364 g/mol. The lowest BCUT2D eigenvalue weighted by Gasteiger charge is -2.59. The first kappa shape index (κ1) is 15.1. The molecule has 4 aliphatic rings. The number of nitrogens with zero attached hydrogens (tertiary/aromatic N) is 1. The normalized spacial score (nSPS) is 37.1. The van der Waals surface area contributed by atoms with Crippen LogP contribution < -0.4 is 5.32 Å². The highest BCUT2D eigenvalue weighted by Gasteiger charge is 2.60. The van der Waals surface area contributed by atoms with Gasteiger partial charge in [0.1, 0.15) is 5.82 Å². The summed E-state index contributed by atoms with van der Waals surface area (Å²) in [6.45, 7) is 0. The molecule has 4 aliphatic carbocycles. The lowest BCUT2D eigenvalue weighted by atomic mass is 9.49. The summed E-state index contributed by atoms with van der Waals surface area (Å²) in [6, 6.07) is 4.50. The van der Waals surface area contributed by atoms with Gasteiger partial charge in [0.2, 0.25) is 5.91 Å². The first-order valence-corrected chi connectivity index (χ1v) is 9.69. The smallest absolute Gasteiger partial charge is 0.232 e. The van der Waals surface area contributed by atoms with Crippen LogP contribution in [0, 0.1) is 23.1 Å². The SMILES string of the molecule is O=C(Nc1nc2ccc(F)cc2s1)C12C[C@@H]3C[C@@H](CC(Cl)(C3)C1)C2. The second-order valence-electron chi connectivity index (χ2n) is 7.98. The third-order valence-corrected chi connectivity index (χ3v) is 7.42. The molecule has 6 rings (SSSR count). The topological polar surface area (TPSA) is 42.0 Å². The van der Waals surface area contributed by atoms with Gasteiger partial charge >= 0.3 is 0 Å². The van der Waals surface area contributed by atoms with Crippen LogP contribution in [0.2, 0.25) is 0 Å². The largest absolute Gasteiger partial charge is 0.301 e. The molecule has 1 N–H and O–H groups in total. The third-order valence-electron chi connectivity index (χ3n) is 6.04. The standard InChI is InChI=1S/C18H18ClFN2OS/c19-18-7-10-3-11(8-18)6-17(5-10,9-18)15(23)22-16-21-13-2-1-12(20)4-14(13)24-16/h1-2,4,10-11H,3,5-9H2,(H,21,22,23)/t10-,11+,17?,18?. The number of nitrogens with one attached hydrogen (secondary N) is 1. The van der Waals surface area contributed by atoms with E-state index >= 15 is 0 Å². The Balaban J connectivity index is 1.43. The molecule has 4 bridgehead atoms. The van der Waals surface area contributed by atoms with Crippen molar-refractivity contribution in [2.24, 2.45) is 17.3 Å². The number of halogens is 2. The van der Waals surface area contributed by atoms with Crippen LogP contribution in [0.1, 0.15) is 38.5 Å². The quantitative estimate of drug-likeness (QED) is 0.766. The average molecular weight is 365 g/mol. The van der Waals surface area contributed by atoms with Crippen LogP contribution in [0.3, 0.4) is 0 Å². The molecule has 4 atom stereocenters. The van der Waals surface area contributed by atoms with E-state index in [1.54, 1.807) is 6.07 Å². The number of alkyl halides is 1. The summed E-state index contributed by atoms with van der Waals surface area (Å²) < 4.78 is 14.1. The van der Waals surface area contributed by atoms with E-state index in [2.05, 4.69) is 10.3 Å². The molecule has 4 fully saturated rings. The minimum atomic E-state index is -0.338. The van der Waals surface area contributed by atoms with Crippen LogP contribution in [-0.4, -0.2) is 15.8 Å². The second-order valence-corrected chi connectivity index (χ2v) is 9.81. The molecule has 1 aromatic carbocycles. The number of carbonyl (C=O) groups is 1. The predicted molar refractivity (Wildman–Crippen MR) is 93.9 cm³/mol. The Bertz CT molecular complexity index is 837. The van der Waals surface area contributed by atoms with Crippen molar-refractivity contribution in [3.63, 3.8) is 0 Å². The molecule has 3 nitrogen and oxygen atoms in total. The molecule has 0 radical (unpaired) electrons. The maximum absolute atomic E-state index is 13.3. The molecule has 24 heavy (non-hydrogen) atoms. The average Bonchev–Trinajstić information content (AvgIpc) is 2.85. The summed E-state index contributed by atoms with van der Waals surface area (Å²) >= 11 is 8.14. The molecular weight excluding hydrogens is 347 g/mol. The lowest BCUT2D eigenvalue weighted by Crippen LogP contribution is -2.57. The van der Waals surface area contributed by atoms with Crippen molar-refractivity contribution in [2.75, 3.05) is 5.32 Å². The van der Waals surface area contributed by atoms with Gasteiger partial charge in [-0.25, -0.2) is 9.37 Å². The van der Waals surface area contributed by atoms with E-state index in [9.17, 15) is 9.18 Å². The zero-order valence-corrected chi connectivity index (χ0v) is 14.7. The maximum Gasteiger partial charge on any atom is 0.232 e. The van der Waals surface area contributed by atoms with Crippen molar-refractivity contribution in [3.05, 3.63) is 24.0 Å². The van der Waals surface area contributed by atoms with Crippen molar-refractivity contribution in [1.82, 2.24) is 4.98 Å². The summed E-state index contributed by atoms with van der Waals surface area (Å²) in [7, 11) is 0. The number of amides is 1. The predicted octanol–water partition coefficient (Wildman–Crippen LogP) is 4.95. The number of rotatable bonds is 2. The van der Waals surface area contributed by atoms with E-state index in [1.165, 1.54) is 29.9 Å². The highest BCUT2D eigenvalue weighted by Crippen LogP contribution is 2.64. The first-order chi connectivity index (χ1) is 11.4. The zero-order chi connectivity index (χ0) is 16.5. The van der Waals surface area contributed by atoms with Gasteiger partial charge in [-0.2, -0.15) is 0 Å². The van der Waals surface area contributed by atoms with Crippen molar-refractivity contribution < 1.29 is 9.18 Å². The molecule has 2 aromatic rings. The van der Waals surface area contributed by atoms with Crippen LogP contribution in [0.25, 0.3) is 10.2 Å². The number of fused-ring (bicyclic) bond motifs is 1. The fraction of sp³-hybridized carbons (Fsp3) is 0.556. The Morgan fingerprint density at radius 1 is 1.29 bits per heavy atom. The van der Waals surface area contributed by atoms with Crippen LogP contribution in [0.15, 0.2) is 18.2 Å². The number of hydrogen-bond acceptors (Lipinski definition) is 3. The number of carbonyl (C=O) groups excluding carboxylic acids is 1. The van der Waals surface area contributed by atoms with E-state index in [-0.39, 0.29) is 22.0 Å². The van der Waals surface area contributed by atoms with Gasteiger partial charge in [-0.15, -0.1) is 11.6 Å². The summed E-state index contributed by atoms with van der Waals surface area (Å²) in [6.07, 6.45) is 6.01. The number of aromatic nitrogens is 1. The zero-order valence-electron chi connectivity index (χ0n) is 13.1. The van der Waals surface area contributed by atoms with Gasteiger partial charge in [-0.1, -0.05) is 11.3 Å². The number of hydrogen-bond donors (Lipinski definition) is 1. The minimum absolute atomic E-state index is 0.0566. The molecular formula is C18H18ClFN2OS. The van der Waals surface area contributed by atoms with E-state index in [0.29, 0.717) is 17.0 Å². The number of thiazole rings is 1. The fourth-order valence-electron chi connectivity index (χ4n) is 5.60. The van der Waals surface area contributed by atoms with E-state index in [1.807, 2.05) is 0 Å². The lowest BCUT2D eigenvalue weighted by molar-refractivity contribution is -0.138. The van der Waals surface area contributed by atoms with Gasteiger partial charge in [-0.05, 0) is 68.6 Å². The minimum Gasteiger partial charge on any atom is -0.301 e. The van der Waals surface area contributed by atoms with Crippen LogP contribution >= 0.6 is 22.9 Å². The van der Waals surface area contributed by atoms with Gasteiger partial charge in [0.25, 0.3) is 0 Å². The molecule has 0 aliphatic heterocycles. The second kappa shape index (κ2) is 4.92. The van der Waals surface area contributed by atoms with Crippen LogP contribution in [-0.2, 0) is 4.79 Å². The van der Waals surface area contributed by atoms with Gasteiger partial charge in [0, 0.05) is 4.87 Å². The summed E-state index contributed by atoms with van der Waals surface area (Å²) in [5.74, 6) is 0.938. The number of benzene rings is 1. The highest BCUT2D eigenvalue weighted by molar-refractivity contribution is 7.22. The van der Waals surface area contributed by atoms with Crippen molar-refractivity contribution in [3.8, 4) is 0 Å². The van der Waals surface area contributed by atoms with Crippen molar-refractivity contribution >= 4 is 44.2 Å². The summed E-state index contributed by atoms with van der Waals surface area (Å²) in [5.41, 5.74) is 0.380. The van der Waals surface area contributed by atoms with Crippen LogP contribution in [0.4, 0.5) is 9.52 Å². The molecule has 4 saturated carbocycles. The molecule has 6 heteroatoms. The molecule has 0 spiro atoms. The van der Waals surface area contributed by atoms with Crippen LogP contribution in [0.5, 0.6) is 0 Å². The van der Waals surface area contributed by atoms with E-state index in [4.69, 9.17) is 11.6 Å². The first-order valence-electron chi connectivity index (χ1n) is 8.50. The molecule has 0 saturated heterocycles. The van der Waals surface area contributed by atoms with E-state index < -0.39 is 0 Å². The fourth-order valence-corrected chi connectivity index (χ4v) is 7.18. The molecule has 1 heterocycles. The highest BCUT2D eigenvalue weighted by atomic mass is 35.5. The maximum atomic E-state index is 13.3. The molecule has 1 amide bonds. The Hall–Kier alpha value is -1.20. The Morgan fingerprint density at radius 2 is 2.04 bits per heavy atom. The van der Waals surface area contributed by atoms with Crippen molar-refractivity contribution in [1.29, 1.82) is 0 Å².